The molecule has 0 N–H and O–H groups in total. The van der Waals surface area contributed by atoms with Crippen LogP contribution in [0.2, 0.25) is 0 Å². The van der Waals surface area contributed by atoms with Crippen molar-refractivity contribution in [2.24, 2.45) is 0 Å². The van der Waals surface area contributed by atoms with E-state index in [4.69, 9.17) is 9.47 Å². The number of hydrogen-bond donors (Lipinski definition) is 0. The Hall–Kier alpha value is -2.71. The van der Waals surface area contributed by atoms with Crippen LogP contribution in [0.25, 0.3) is 22.4 Å². The summed E-state index contributed by atoms with van der Waals surface area (Å²) < 4.78 is 14.6. The van der Waals surface area contributed by atoms with E-state index in [1.165, 1.54) is 15.9 Å². The topological polar surface area (TPSA) is 65.7 Å². The maximum atomic E-state index is 12.9. The van der Waals surface area contributed by atoms with Crippen molar-refractivity contribution in [3.8, 4) is 22.9 Å². The number of fused-ring (bicyclic) bond motifs is 1. The van der Waals surface area contributed by atoms with Crippen LogP contribution in [-0.2, 0) is 0 Å². The van der Waals surface area contributed by atoms with E-state index in [1.54, 1.807) is 0 Å². The molecule has 0 saturated heterocycles. The summed E-state index contributed by atoms with van der Waals surface area (Å²) in [6, 6.07) is 13.4. The van der Waals surface area contributed by atoms with Crippen LogP contribution in [0.5, 0.6) is 11.5 Å². The van der Waals surface area contributed by atoms with Gasteiger partial charge >= 0.3 is 0 Å². The standard InChI is InChI=1S/C24H24BrN3O3S/c1-3-5-6-13-31-19-12-7-16(14-20(19)30-4-2)15-21-23(29)28-24(32-21)26-22(27-28)17-8-10-18(25)11-9-17/h7-12,14-15H,3-6,13H2,1-2H3/b21-15+. The lowest BCUT2D eigenvalue weighted by molar-refractivity contribution is 0.271. The molecule has 2 aromatic heterocycles. The average molecular weight is 514 g/mol. The van der Waals surface area contributed by atoms with Crippen molar-refractivity contribution in [1.29, 1.82) is 0 Å². The molecule has 0 saturated carbocycles. The molecule has 0 atom stereocenters. The highest BCUT2D eigenvalue weighted by atomic mass is 79.9. The molecule has 0 aliphatic heterocycles. The first kappa shape index (κ1) is 22.5. The van der Waals surface area contributed by atoms with Gasteiger partial charge in [0.05, 0.1) is 17.7 Å². The largest absolute Gasteiger partial charge is 0.490 e. The zero-order chi connectivity index (χ0) is 22.5. The predicted molar refractivity (Wildman–Crippen MR) is 132 cm³/mol. The van der Waals surface area contributed by atoms with Gasteiger partial charge < -0.3 is 9.47 Å². The average Bonchev–Trinajstić information content (AvgIpc) is 3.33. The summed E-state index contributed by atoms with van der Waals surface area (Å²) in [7, 11) is 0. The highest BCUT2D eigenvalue weighted by Crippen LogP contribution is 2.29. The summed E-state index contributed by atoms with van der Waals surface area (Å²) in [6.07, 6.45) is 5.14. The normalized spacial score (nSPS) is 11.9. The Kier molecular flexibility index (Phi) is 7.22. The Morgan fingerprint density at radius 3 is 2.59 bits per heavy atom. The molecule has 166 valence electrons. The first-order valence-electron chi connectivity index (χ1n) is 10.7. The van der Waals surface area contributed by atoms with E-state index in [-0.39, 0.29) is 5.56 Å². The molecular weight excluding hydrogens is 490 g/mol. The number of benzene rings is 2. The van der Waals surface area contributed by atoms with E-state index in [0.29, 0.717) is 34.3 Å². The number of unbranched alkanes of at least 4 members (excludes halogenated alkanes) is 2. The molecule has 4 rings (SSSR count). The highest BCUT2D eigenvalue weighted by Gasteiger charge is 2.12. The van der Waals surface area contributed by atoms with Gasteiger partial charge in [-0.25, -0.2) is 0 Å². The molecule has 0 spiro atoms. The molecule has 0 amide bonds. The summed E-state index contributed by atoms with van der Waals surface area (Å²) in [5.74, 6) is 1.95. The zero-order valence-electron chi connectivity index (χ0n) is 18.0. The minimum atomic E-state index is -0.182. The number of thiazole rings is 1. The second-order valence-electron chi connectivity index (χ2n) is 7.25. The molecule has 0 radical (unpaired) electrons. The molecule has 0 aliphatic rings. The molecule has 6 nitrogen and oxygen atoms in total. The molecular formula is C24H24BrN3O3S. The van der Waals surface area contributed by atoms with E-state index in [1.807, 2.05) is 55.5 Å². The monoisotopic (exact) mass is 513 g/mol. The van der Waals surface area contributed by atoms with Crippen molar-refractivity contribution in [2.45, 2.75) is 33.1 Å². The van der Waals surface area contributed by atoms with E-state index < -0.39 is 0 Å². The Balaban J connectivity index is 1.62. The molecule has 0 aliphatic carbocycles. The van der Waals surface area contributed by atoms with E-state index in [2.05, 4.69) is 32.9 Å². The van der Waals surface area contributed by atoms with Crippen molar-refractivity contribution in [1.82, 2.24) is 14.6 Å². The molecule has 2 heterocycles. The summed E-state index contributed by atoms with van der Waals surface area (Å²) in [6.45, 7) is 5.31. The van der Waals surface area contributed by atoms with Gasteiger partial charge in [-0.2, -0.15) is 9.50 Å². The van der Waals surface area contributed by atoms with Gasteiger partial charge in [-0.15, -0.1) is 5.10 Å². The maximum absolute atomic E-state index is 12.9. The Morgan fingerprint density at radius 2 is 1.88 bits per heavy atom. The third kappa shape index (κ3) is 5.02. The van der Waals surface area contributed by atoms with Crippen molar-refractivity contribution in [2.75, 3.05) is 13.2 Å². The lowest BCUT2D eigenvalue weighted by Crippen LogP contribution is -2.23. The number of halogens is 1. The van der Waals surface area contributed by atoms with Crippen molar-refractivity contribution >= 4 is 38.3 Å². The van der Waals surface area contributed by atoms with Crippen LogP contribution in [0, 0.1) is 0 Å². The fraction of sp³-hybridized carbons (Fsp3) is 0.292. The van der Waals surface area contributed by atoms with Gasteiger partial charge in [-0.1, -0.05) is 65.2 Å². The lowest BCUT2D eigenvalue weighted by atomic mass is 10.2. The van der Waals surface area contributed by atoms with E-state index >= 15 is 0 Å². The maximum Gasteiger partial charge on any atom is 0.291 e. The first-order chi connectivity index (χ1) is 15.6. The number of ether oxygens (including phenoxy) is 2. The highest BCUT2D eigenvalue weighted by molar-refractivity contribution is 9.10. The Bertz CT molecular complexity index is 1320. The molecule has 2 aromatic carbocycles. The summed E-state index contributed by atoms with van der Waals surface area (Å²) in [4.78, 5) is 18.0. The fourth-order valence-electron chi connectivity index (χ4n) is 3.24. The van der Waals surface area contributed by atoms with Gasteiger partial charge in [0.2, 0.25) is 4.96 Å². The zero-order valence-corrected chi connectivity index (χ0v) is 20.4. The number of rotatable bonds is 9. The molecule has 0 unspecified atom stereocenters. The van der Waals surface area contributed by atoms with Crippen molar-refractivity contribution in [3.63, 3.8) is 0 Å². The molecule has 0 fully saturated rings. The number of aromatic nitrogens is 3. The first-order valence-corrected chi connectivity index (χ1v) is 12.3. The van der Waals surface area contributed by atoms with Crippen LogP contribution in [0.15, 0.2) is 51.7 Å². The third-order valence-corrected chi connectivity index (χ3v) is 6.34. The van der Waals surface area contributed by atoms with Crippen molar-refractivity contribution in [3.05, 3.63) is 67.4 Å². The van der Waals surface area contributed by atoms with Gasteiger partial charge in [-0.05, 0) is 49.2 Å². The quantitative estimate of drug-likeness (QED) is 0.291. The van der Waals surface area contributed by atoms with Crippen molar-refractivity contribution < 1.29 is 9.47 Å². The summed E-state index contributed by atoms with van der Waals surface area (Å²) >= 11 is 4.74. The van der Waals surface area contributed by atoms with Gasteiger partial charge in [0.15, 0.2) is 17.3 Å². The predicted octanol–water partition coefficient (Wildman–Crippen LogP) is 5.10. The number of hydrogen-bond acceptors (Lipinski definition) is 6. The Morgan fingerprint density at radius 1 is 1.06 bits per heavy atom. The van der Waals surface area contributed by atoms with Crippen LogP contribution >= 0.6 is 27.3 Å². The summed E-state index contributed by atoms with van der Waals surface area (Å²) in [5.41, 5.74) is 1.55. The SMILES string of the molecule is CCCCCOc1ccc(/C=c2/sc3nc(-c4ccc(Br)cc4)nn3c2=O)cc1OCC. The minimum Gasteiger partial charge on any atom is -0.490 e. The second kappa shape index (κ2) is 10.3. The molecule has 0 bridgehead atoms. The van der Waals surface area contributed by atoms with Crippen LogP contribution in [-0.4, -0.2) is 27.8 Å². The van der Waals surface area contributed by atoms with Gasteiger partial charge in [0.1, 0.15) is 0 Å². The fourth-order valence-corrected chi connectivity index (χ4v) is 4.41. The van der Waals surface area contributed by atoms with Gasteiger partial charge in [-0.3, -0.25) is 4.79 Å². The minimum absolute atomic E-state index is 0.182. The lowest BCUT2D eigenvalue weighted by Gasteiger charge is -2.12. The summed E-state index contributed by atoms with van der Waals surface area (Å²) in [5, 5.41) is 4.41. The Labute approximate surface area is 198 Å². The third-order valence-electron chi connectivity index (χ3n) is 4.86. The van der Waals surface area contributed by atoms with Crippen LogP contribution in [0.4, 0.5) is 0 Å². The number of nitrogens with zero attached hydrogens (tertiary/aromatic N) is 3. The molecule has 4 aromatic rings. The second-order valence-corrected chi connectivity index (χ2v) is 9.17. The van der Waals surface area contributed by atoms with E-state index in [9.17, 15) is 4.79 Å². The van der Waals surface area contributed by atoms with E-state index in [0.717, 1.165) is 40.6 Å². The molecule has 32 heavy (non-hydrogen) atoms. The van der Waals surface area contributed by atoms with Gasteiger partial charge in [0, 0.05) is 10.0 Å². The van der Waals surface area contributed by atoms with Crippen LogP contribution in [0.3, 0.4) is 0 Å². The van der Waals surface area contributed by atoms with Crippen LogP contribution in [0.1, 0.15) is 38.7 Å². The smallest absolute Gasteiger partial charge is 0.291 e. The molecule has 8 heteroatoms. The van der Waals surface area contributed by atoms with Gasteiger partial charge in [0.25, 0.3) is 5.56 Å². The van der Waals surface area contributed by atoms with Crippen LogP contribution < -0.4 is 19.6 Å².